The Bertz CT molecular complexity index is 404. The number of nitrogens with one attached hydrogen (secondary N) is 1. The molecule has 3 fully saturated rings. The Kier molecular flexibility index (Phi) is 7.08. The Balaban J connectivity index is 0.00000192. The van der Waals surface area contributed by atoms with E-state index in [1.54, 1.807) is 0 Å². The van der Waals surface area contributed by atoms with Crippen LogP contribution in [0.1, 0.15) is 12.8 Å². The molecule has 0 aliphatic carbocycles. The Morgan fingerprint density at radius 3 is 2.26 bits per heavy atom. The van der Waals surface area contributed by atoms with Crippen LogP contribution in [0, 0.1) is 0 Å². The molecule has 1 N–H and O–H groups in total. The molecule has 8 heteroatoms. The standard InChI is InChI=1S/C15H26N4O3.ClH/c20-14(12-17-8-10-22-11-9-17)18-4-6-19(7-5-18)15(21)13-2-1-3-16-13;/h13,16H,1-12H2;1H. The van der Waals surface area contributed by atoms with Gasteiger partial charge in [-0.25, -0.2) is 0 Å². The second kappa shape index (κ2) is 8.82. The molecule has 0 saturated carbocycles. The third-order valence-corrected chi connectivity index (χ3v) is 4.77. The fraction of sp³-hybridized carbons (Fsp3) is 0.867. The Labute approximate surface area is 143 Å². The monoisotopic (exact) mass is 346 g/mol. The molecule has 7 nitrogen and oxygen atoms in total. The average Bonchev–Trinajstić information content (AvgIpc) is 3.10. The highest BCUT2D eigenvalue weighted by Crippen LogP contribution is 2.11. The molecule has 1 atom stereocenters. The van der Waals surface area contributed by atoms with Crippen molar-refractivity contribution in [1.82, 2.24) is 20.0 Å². The molecule has 23 heavy (non-hydrogen) atoms. The van der Waals surface area contributed by atoms with Crippen molar-refractivity contribution in [2.45, 2.75) is 18.9 Å². The molecule has 132 valence electrons. The molecule has 0 aromatic heterocycles. The van der Waals surface area contributed by atoms with Crippen molar-refractivity contribution < 1.29 is 14.3 Å². The lowest BCUT2D eigenvalue weighted by molar-refractivity contribution is -0.141. The molecule has 3 aliphatic rings. The second-order valence-corrected chi connectivity index (χ2v) is 6.24. The lowest BCUT2D eigenvalue weighted by Crippen LogP contribution is -2.55. The first-order valence-corrected chi connectivity index (χ1v) is 8.34. The van der Waals surface area contributed by atoms with Gasteiger partial charge in [0.2, 0.25) is 11.8 Å². The SMILES string of the molecule is Cl.O=C(CN1CCOCC1)N1CCN(C(=O)C2CCCN2)CC1. The first-order valence-electron chi connectivity index (χ1n) is 8.34. The summed E-state index contributed by atoms with van der Waals surface area (Å²) in [6.07, 6.45) is 2.02. The summed E-state index contributed by atoms with van der Waals surface area (Å²) in [4.78, 5) is 30.6. The number of hydrogen-bond acceptors (Lipinski definition) is 5. The molecule has 3 heterocycles. The van der Waals surface area contributed by atoms with Crippen molar-refractivity contribution >= 4 is 24.2 Å². The minimum Gasteiger partial charge on any atom is -0.379 e. The van der Waals surface area contributed by atoms with Gasteiger partial charge in [0, 0.05) is 39.3 Å². The van der Waals surface area contributed by atoms with Gasteiger partial charge >= 0.3 is 0 Å². The fourth-order valence-corrected chi connectivity index (χ4v) is 3.34. The quantitative estimate of drug-likeness (QED) is 0.722. The molecule has 2 amide bonds. The first-order chi connectivity index (χ1) is 10.7. The minimum atomic E-state index is -0.00407. The molecule has 0 aromatic carbocycles. The number of morpholine rings is 1. The maximum Gasteiger partial charge on any atom is 0.239 e. The van der Waals surface area contributed by atoms with Crippen molar-refractivity contribution in [3.8, 4) is 0 Å². The van der Waals surface area contributed by atoms with E-state index >= 15 is 0 Å². The molecular weight excluding hydrogens is 320 g/mol. The van der Waals surface area contributed by atoms with E-state index in [9.17, 15) is 9.59 Å². The first kappa shape index (κ1) is 18.4. The number of piperazine rings is 1. The highest BCUT2D eigenvalue weighted by atomic mass is 35.5. The summed E-state index contributed by atoms with van der Waals surface area (Å²) in [5.74, 6) is 0.380. The number of ether oxygens (including phenoxy) is 1. The lowest BCUT2D eigenvalue weighted by atomic mass is 10.2. The zero-order valence-electron chi connectivity index (χ0n) is 13.5. The highest BCUT2D eigenvalue weighted by molar-refractivity contribution is 5.85. The number of nitrogens with zero attached hydrogens (tertiary/aromatic N) is 3. The molecule has 1 unspecified atom stereocenters. The Morgan fingerprint density at radius 2 is 1.65 bits per heavy atom. The van der Waals surface area contributed by atoms with Crippen molar-refractivity contribution in [3.63, 3.8) is 0 Å². The Morgan fingerprint density at radius 1 is 1.00 bits per heavy atom. The summed E-state index contributed by atoms with van der Waals surface area (Å²) in [7, 11) is 0. The predicted molar refractivity (Wildman–Crippen MR) is 88.7 cm³/mol. The average molecular weight is 347 g/mol. The highest BCUT2D eigenvalue weighted by Gasteiger charge is 2.30. The van der Waals surface area contributed by atoms with Gasteiger partial charge in [0.15, 0.2) is 0 Å². The van der Waals surface area contributed by atoms with E-state index in [4.69, 9.17) is 4.74 Å². The number of halogens is 1. The molecule has 0 aromatic rings. The topological polar surface area (TPSA) is 65.1 Å². The Hall–Kier alpha value is -0.890. The van der Waals surface area contributed by atoms with Crippen LogP contribution in [0.15, 0.2) is 0 Å². The second-order valence-electron chi connectivity index (χ2n) is 6.24. The van der Waals surface area contributed by atoms with Crippen LogP contribution >= 0.6 is 12.4 Å². The maximum atomic E-state index is 12.3. The third kappa shape index (κ3) is 4.79. The number of rotatable bonds is 3. The summed E-state index contributed by atoms with van der Waals surface area (Å²) in [5, 5.41) is 3.25. The summed E-state index contributed by atoms with van der Waals surface area (Å²) in [6, 6.07) is -0.00407. The number of carbonyl (C=O) groups is 2. The van der Waals surface area contributed by atoms with Gasteiger partial charge in [0.05, 0.1) is 25.8 Å². The van der Waals surface area contributed by atoms with Gasteiger partial charge in [-0.15, -0.1) is 12.4 Å². The van der Waals surface area contributed by atoms with Crippen LogP contribution in [-0.4, -0.2) is 98.1 Å². The summed E-state index contributed by atoms with van der Waals surface area (Å²) in [6.45, 7) is 7.12. The molecular formula is C15H27ClN4O3. The van der Waals surface area contributed by atoms with Crippen molar-refractivity contribution in [2.75, 3.05) is 65.6 Å². The van der Waals surface area contributed by atoms with Crippen LogP contribution < -0.4 is 5.32 Å². The molecule has 0 radical (unpaired) electrons. The van der Waals surface area contributed by atoms with Crippen LogP contribution in [0.2, 0.25) is 0 Å². The van der Waals surface area contributed by atoms with E-state index in [0.717, 1.165) is 32.5 Å². The van der Waals surface area contributed by atoms with Crippen molar-refractivity contribution in [3.05, 3.63) is 0 Å². The summed E-state index contributed by atoms with van der Waals surface area (Å²) < 4.78 is 5.30. The zero-order chi connectivity index (χ0) is 15.4. The number of carbonyl (C=O) groups excluding carboxylic acids is 2. The van der Waals surface area contributed by atoms with Gasteiger partial charge in [0.25, 0.3) is 0 Å². The van der Waals surface area contributed by atoms with Gasteiger partial charge in [-0.1, -0.05) is 0 Å². The predicted octanol–water partition coefficient (Wildman–Crippen LogP) is -0.837. The summed E-state index contributed by atoms with van der Waals surface area (Å²) in [5.41, 5.74) is 0. The van der Waals surface area contributed by atoms with Crippen LogP contribution in [-0.2, 0) is 14.3 Å². The van der Waals surface area contributed by atoms with E-state index in [1.165, 1.54) is 0 Å². The third-order valence-electron chi connectivity index (χ3n) is 4.77. The largest absolute Gasteiger partial charge is 0.379 e. The molecule has 0 spiro atoms. The van der Waals surface area contributed by atoms with Crippen molar-refractivity contribution in [1.29, 1.82) is 0 Å². The number of amides is 2. The van der Waals surface area contributed by atoms with Crippen molar-refractivity contribution in [2.24, 2.45) is 0 Å². The molecule has 3 rings (SSSR count). The smallest absolute Gasteiger partial charge is 0.239 e. The van der Waals surface area contributed by atoms with Gasteiger partial charge in [0.1, 0.15) is 0 Å². The molecule has 3 saturated heterocycles. The van der Waals surface area contributed by atoms with Crippen LogP contribution in [0.5, 0.6) is 0 Å². The van der Waals surface area contributed by atoms with Gasteiger partial charge in [-0.3, -0.25) is 14.5 Å². The van der Waals surface area contributed by atoms with Gasteiger partial charge < -0.3 is 19.9 Å². The maximum absolute atomic E-state index is 12.3. The van der Waals surface area contributed by atoms with Gasteiger partial charge in [-0.05, 0) is 19.4 Å². The van der Waals surface area contributed by atoms with Gasteiger partial charge in [-0.2, -0.15) is 0 Å². The van der Waals surface area contributed by atoms with E-state index in [0.29, 0.717) is 45.9 Å². The number of hydrogen-bond donors (Lipinski definition) is 1. The van der Waals surface area contributed by atoms with Crippen LogP contribution in [0.25, 0.3) is 0 Å². The van der Waals surface area contributed by atoms with E-state index in [2.05, 4.69) is 10.2 Å². The summed E-state index contributed by atoms with van der Waals surface area (Å²) >= 11 is 0. The van der Waals surface area contributed by atoms with E-state index in [1.807, 2.05) is 9.80 Å². The van der Waals surface area contributed by atoms with Crippen LogP contribution in [0.3, 0.4) is 0 Å². The van der Waals surface area contributed by atoms with E-state index in [-0.39, 0.29) is 30.3 Å². The van der Waals surface area contributed by atoms with E-state index < -0.39 is 0 Å². The lowest BCUT2D eigenvalue weighted by Gasteiger charge is -2.37. The molecule has 0 bridgehead atoms. The zero-order valence-corrected chi connectivity index (χ0v) is 14.4. The fourth-order valence-electron chi connectivity index (χ4n) is 3.34. The van der Waals surface area contributed by atoms with Crippen LogP contribution in [0.4, 0.5) is 0 Å². The minimum absolute atomic E-state index is 0. The normalized spacial score (nSPS) is 26.0. The molecule has 3 aliphatic heterocycles.